The van der Waals surface area contributed by atoms with Crippen LogP contribution >= 0.6 is 0 Å². The SMILES string of the molecule is N#Cc1ccc(N2CCOCC2)c(C(F)(F)F)c1.N/C(=N\O)c1ccc(N2CCOCC2)c(C(F)(F)F)c1. The summed E-state index contributed by atoms with van der Waals surface area (Å²) in [5.41, 5.74) is 4.00. The van der Waals surface area contributed by atoms with Gasteiger partial charge in [-0.15, -0.1) is 0 Å². The molecule has 2 aromatic rings. The molecule has 0 atom stereocenters. The minimum absolute atomic E-state index is 0.0133. The largest absolute Gasteiger partial charge is 0.418 e. The van der Waals surface area contributed by atoms with Gasteiger partial charge < -0.3 is 30.2 Å². The van der Waals surface area contributed by atoms with Crippen molar-refractivity contribution in [1.82, 2.24) is 0 Å². The molecule has 2 fully saturated rings. The average Bonchev–Trinajstić information content (AvgIpc) is 2.92. The number of benzene rings is 2. The van der Waals surface area contributed by atoms with Gasteiger partial charge in [0.1, 0.15) is 0 Å². The molecule has 2 aliphatic heterocycles. The molecule has 2 saturated heterocycles. The number of nitrogens with zero attached hydrogens (tertiary/aromatic N) is 4. The molecule has 0 unspecified atom stereocenters. The van der Waals surface area contributed by atoms with Crippen molar-refractivity contribution in [3.8, 4) is 6.07 Å². The predicted molar refractivity (Wildman–Crippen MR) is 126 cm³/mol. The second-order valence-corrected chi connectivity index (χ2v) is 8.26. The van der Waals surface area contributed by atoms with Crippen molar-refractivity contribution < 1.29 is 41.0 Å². The van der Waals surface area contributed by atoms with Crippen molar-refractivity contribution in [2.24, 2.45) is 10.9 Å². The molecule has 206 valence electrons. The van der Waals surface area contributed by atoms with Crippen molar-refractivity contribution in [2.45, 2.75) is 12.4 Å². The van der Waals surface area contributed by atoms with E-state index in [9.17, 15) is 26.3 Å². The Morgan fingerprint density at radius 3 is 1.68 bits per heavy atom. The number of morpholine rings is 2. The highest BCUT2D eigenvalue weighted by Gasteiger charge is 2.36. The van der Waals surface area contributed by atoms with Gasteiger partial charge in [0.05, 0.1) is 49.2 Å². The molecular weight excluding hydrogens is 520 g/mol. The lowest BCUT2D eigenvalue weighted by molar-refractivity contribution is -0.138. The number of alkyl halides is 6. The van der Waals surface area contributed by atoms with E-state index >= 15 is 0 Å². The van der Waals surface area contributed by atoms with Gasteiger partial charge in [-0.25, -0.2) is 0 Å². The minimum Gasteiger partial charge on any atom is -0.409 e. The third-order valence-electron chi connectivity index (χ3n) is 5.84. The first-order valence-electron chi connectivity index (χ1n) is 11.4. The van der Waals surface area contributed by atoms with Gasteiger partial charge in [0.2, 0.25) is 0 Å². The predicted octanol–water partition coefficient (Wildman–Crippen LogP) is 4.05. The normalized spacial score (nSPS) is 16.9. The number of hydrogen-bond donors (Lipinski definition) is 2. The molecule has 4 rings (SSSR count). The summed E-state index contributed by atoms with van der Waals surface area (Å²) in [7, 11) is 0. The molecular formula is C24H25F6N5O3. The number of ether oxygens (including phenoxy) is 2. The van der Waals surface area contributed by atoms with Crippen molar-refractivity contribution in [3.63, 3.8) is 0 Å². The van der Waals surface area contributed by atoms with Crippen molar-refractivity contribution in [1.29, 1.82) is 5.26 Å². The Kier molecular flexibility index (Phi) is 9.29. The van der Waals surface area contributed by atoms with E-state index in [2.05, 4.69) is 5.16 Å². The van der Waals surface area contributed by atoms with Gasteiger partial charge in [0.25, 0.3) is 0 Å². The number of nitrogens with two attached hydrogens (primary N) is 1. The molecule has 2 heterocycles. The maximum absolute atomic E-state index is 13.1. The van der Waals surface area contributed by atoms with E-state index in [1.807, 2.05) is 0 Å². The molecule has 0 spiro atoms. The van der Waals surface area contributed by atoms with Gasteiger partial charge in [-0.2, -0.15) is 31.6 Å². The summed E-state index contributed by atoms with van der Waals surface area (Å²) in [6.45, 7) is 3.25. The third kappa shape index (κ3) is 7.20. The molecule has 14 heteroatoms. The molecule has 0 saturated carbocycles. The number of nitriles is 1. The zero-order valence-electron chi connectivity index (χ0n) is 20.0. The molecule has 0 amide bonds. The highest BCUT2D eigenvalue weighted by Crippen LogP contribution is 2.38. The van der Waals surface area contributed by atoms with Crippen molar-refractivity contribution >= 4 is 17.2 Å². The quantitative estimate of drug-likeness (QED) is 0.197. The first-order chi connectivity index (χ1) is 18.0. The van der Waals surface area contributed by atoms with Crippen LogP contribution in [0.15, 0.2) is 41.6 Å². The first kappa shape index (κ1) is 28.9. The maximum Gasteiger partial charge on any atom is 0.418 e. The molecule has 0 aromatic heterocycles. The zero-order chi connectivity index (χ0) is 27.9. The monoisotopic (exact) mass is 545 g/mol. The highest BCUT2D eigenvalue weighted by atomic mass is 19.4. The molecule has 3 N–H and O–H groups in total. The Labute approximate surface area is 214 Å². The van der Waals surface area contributed by atoms with Crippen LogP contribution in [-0.2, 0) is 21.8 Å². The Morgan fingerprint density at radius 1 is 0.816 bits per heavy atom. The maximum atomic E-state index is 13.1. The number of anilines is 2. The summed E-state index contributed by atoms with van der Waals surface area (Å²) >= 11 is 0. The number of halogens is 6. The van der Waals surface area contributed by atoms with Crippen molar-refractivity contribution in [2.75, 3.05) is 62.4 Å². The number of hydrogen-bond acceptors (Lipinski definition) is 7. The van der Waals surface area contributed by atoms with E-state index in [1.165, 1.54) is 24.3 Å². The molecule has 0 aliphatic carbocycles. The van der Waals surface area contributed by atoms with Crippen LogP contribution in [0.5, 0.6) is 0 Å². The summed E-state index contributed by atoms with van der Waals surface area (Å²) < 4.78 is 88.6. The van der Waals surface area contributed by atoms with Crippen LogP contribution in [0.4, 0.5) is 37.7 Å². The fourth-order valence-electron chi connectivity index (χ4n) is 3.97. The Morgan fingerprint density at radius 2 is 1.26 bits per heavy atom. The van der Waals surface area contributed by atoms with Gasteiger partial charge in [0.15, 0.2) is 5.84 Å². The summed E-state index contributed by atoms with van der Waals surface area (Å²) in [5, 5.41) is 20.0. The van der Waals surface area contributed by atoms with E-state index in [4.69, 9.17) is 25.7 Å². The Hall–Kier alpha value is -3.70. The van der Waals surface area contributed by atoms with Gasteiger partial charge in [0, 0.05) is 43.1 Å². The van der Waals surface area contributed by atoms with Crippen LogP contribution in [0.1, 0.15) is 22.3 Å². The Bertz CT molecular complexity index is 1170. The first-order valence-corrected chi connectivity index (χ1v) is 11.4. The molecule has 2 aliphatic rings. The summed E-state index contributed by atoms with van der Waals surface area (Å²) in [6, 6.07) is 9.00. The van der Waals surface area contributed by atoms with Gasteiger partial charge in [-0.05, 0) is 36.4 Å². The van der Waals surface area contributed by atoms with Gasteiger partial charge >= 0.3 is 12.4 Å². The third-order valence-corrected chi connectivity index (χ3v) is 5.84. The summed E-state index contributed by atoms with van der Waals surface area (Å²) in [6.07, 6.45) is -8.97. The van der Waals surface area contributed by atoms with E-state index in [1.54, 1.807) is 15.9 Å². The fourth-order valence-corrected chi connectivity index (χ4v) is 3.97. The highest BCUT2D eigenvalue weighted by molar-refractivity contribution is 5.97. The van der Waals surface area contributed by atoms with Crippen LogP contribution in [0.25, 0.3) is 0 Å². The Balaban J connectivity index is 0.000000212. The smallest absolute Gasteiger partial charge is 0.409 e. The molecule has 38 heavy (non-hydrogen) atoms. The number of rotatable bonds is 3. The average molecular weight is 545 g/mol. The van der Waals surface area contributed by atoms with E-state index in [0.29, 0.717) is 52.6 Å². The topological polar surface area (TPSA) is 107 Å². The molecule has 8 nitrogen and oxygen atoms in total. The van der Waals surface area contributed by atoms with Crippen molar-refractivity contribution in [3.05, 3.63) is 58.7 Å². The minimum atomic E-state index is -4.51. The second kappa shape index (κ2) is 12.2. The number of oxime groups is 1. The lowest BCUT2D eigenvalue weighted by Crippen LogP contribution is -2.37. The summed E-state index contributed by atoms with van der Waals surface area (Å²) in [5.74, 6) is -0.357. The molecule has 0 radical (unpaired) electrons. The molecule has 0 bridgehead atoms. The van der Waals surface area contributed by atoms with E-state index < -0.39 is 23.5 Å². The fraction of sp³-hybridized carbons (Fsp3) is 0.417. The van der Waals surface area contributed by atoms with Crippen LogP contribution in [0.3, 0.4) is 0 Å². The number of amidine groups is 1. The van der Waals surface area contributed by atoms with Gasteiger partial charge in [-0.3, -0.25) is 0 Å². The van der Waals surface area contributed by atoms with E-state index in [0.717, 1.165) is 12.1 Å². The zero-order valence-corrected chi connectivity index (χ0v) is 20.0. The van der Waals surface area contributed by atoms with Crippen LogP contribution in [0, 0.1) is 11.3 Å². The van der Waals surface area contributed by atoms with E-state index in [-0.39, 0.29) is 28.3 Å². The van der Waals surface area contributed by atoms with Crippen LogP contribution in [-0.4, -0.2) is 63.6 Å². The lowest BCUT2D eigenvalue weighted by Gasteiger charge is -2.31. The molecule has 2 aromatic carbocycles. The second-order valence-electron chi connectivity index (χ2n) is 8.26. The van der Waals surface area contributed by atoms with Gasteiger partial charge in [-0.1, -0.05) is 5.16 Å². The lowest BCUT2D eigenvalue weighted by atomic mass is 10.1. The van der Waals surface area contributed by atoms with Crippen LogP contribution in [0.2, 0.25) is 0 Å². The summed E-state index contributed by atoms with van der Waals surface area (Å²) in [4.78, 5) is 3.25. The van der Waals surface area contributed by atoms with Crippen LogP contribution < -0.4 is 15.5 Å². The standard InChI is InChI=1S/C12H14F3N3O2.C12H11F3N2O/c13-12(14,15)9-7-8(11(16)17-19)1-2-10(9)18-3-5-20-6-4-18;13-12(14,15)10-7-9(8-16)1-2-11(10)17-3-5-18-6-4-17/h1-2,7,19H,3-6H2,(H2,16,17);1-2,7H,3-6H2.